The number of carbonyl (C=O) groups is 1. The van der Waals surface area contributed by atoms with E-state index in [9.17, 15) is 22.2 Å². The zero-order valence-corrected chi connectivity index (χ0v) is 14.0. The van der Waals surface area contributed by atoms with Gasteiger partial charge in [-0.15, -0.1) is 0 Å². The average Bonchev–Trinajstić information content (AvgIpc) is 2.28. The highest BCUT2D eigenvalue weighted by Crippen LogP contribution is 2.16. The Bertz CT molecular complexity index is 477. The van der Waals surface area contributed by atoms with E-state index in [-0.39, 0.29) is 13.0 Å². The fourth-order valence-corrected chi connectivity index (χ4v) is 2.74. The van der Waals surface area contributed by atoms with E-state index in [1.54, 1.807) is 25.7 Å². The molecule has 0 unspecified atom stereocenters. The second-order valence-electron chi connectivity index (χ2n) is 6.47. The number of halogens is 1. The third kappa shape index (κ3) is 7.90. The van der Waals surface area contributed by atoms with Gasteiger partial charge in [0.25, 0.3) is 0 Å². The van der Waals surface area contributed by atoms with Crippen LogP contribution in [0.2, 0.25) is 0 Å². The largest absolute Gasteiger partial charge is 0.748 e. The van der Waals surface area contributed by atoms with E-state index >= 15 is 0 Å². The van der Waals surface area contributed by atoms with Crippen LogP contribution in [0, 0.1) is 0 Å². The number of alkyl carbamates (subject to hydrolysis) is 1. The van der Waals surface area contributed by atoms with E-state index in [1.165, 1.54) is 0 Å². The van der Waals surface area contributed by atoms with Gasteiger partial charge in [-0.1, -0.05) is 0 Å². The van der Waals surface area contributed by atoms with Crippen molar-refractivity contribution in [3.8, 4) is 0 Å². The molecule has 1 aliphatic rings. The van der Waals surface area contributed by atoms with Crippen molar-refractivity contribution in [1.82, 2.24) is 10.2 Å². The molecule has 1 saturated heterocycles. The summed E-state index contributed by atoms with van der Waals surface area (Å²) in [5.74, 6) is -0.444. The summed E-state index contributed by atoms with van der Waals surface area (Å²) < 4.78 is 50.7. The van der Waals surface area contributed by atoms with E-state index < -0.39 is 39.8 Å². The van der Waals surface area contributed by atoms with Crippen LogP contribution < -0.4 is 5.32 Å². The Balaban J connectivity index is 2.35. The average molecular weight is 339 g/mol. The van der Waals surface area contributed by atoms with E-state index in [4.69, 9.17) is 4.74 Å². The number of nitrogens with one attached hydrogen (secondary N) is 1. The maximum Gasteiger partial charge on any atom is 0.407 e. The number of amides is 1. The molecule has 130 valence electrons. The lowest BCUT2D eigenvalue weighted by atomic mass is 10.0. The number of rotatable bonds is 5. The molecule has 22 heavy (non-hydrogen) atoms. The molecule has 0 aromatic heterocycles. The number of nitrogens with zero attached hydrogens (tertiary/aromatic N) is 1. The smallest absolute Gasteiger partial charge is 0.407 e. The summed E-state index contributed by atoms with van der Waals surface area (Å²) in [6, 6.07) is -0.616. The van der Waals surface area contributed by atoms with Gasteiger partial charge in [-0.05, 0) is 40.2 Å². The number of hydrogen-bond acceptors (Lipinski definition) is 6. The molecule has 1 rings (SSSR count). The van der Waals surface area contributed by atoms with Gasteiger partial charge in [0, 0.05) is 18.8 Å². The first-order valence-corrected chi connectivity index (χ1v) is 8.83. The molecule has 0 aromatic rings. The standard InChI is InChI=1S/C13H25FN2O5S/c1-13(2,3)21-12(17)15-11-5-7-16(9-10(11)14)6-4-8-22(18,19)20/h10-11H,4-9H2,1-3H3,(H,15,17)(H,18,19,20)/p-1/t10-,11+/m0/s1. The fourth-order valence-electron chi connectivity index (χ4n) is 2.26. The molecule has 1 fully saturated rings. The van der Waals surface area contributed by atoms with Gasteiger partial charge in [0.1, 0.15) is 11.8 Å². The minimum absolute atomic E-state index is 0.0966. The Morgan fingerprint density at radius 1 is 1.45 bits per heavy atom. The van der Waals surface area contributed by atoms with Crippen LogP contribution in [0.25, 0.3) is 0 Å². The third-order valence-corrected chi connectivity index (χ3v) is 3.99. The van der Waals surface area contributed by atoms with Crippen LogP contribution in [0.5, 0.6) is 0 Å². The van der Waals surface area contributed by atoms with Crippen molar-refractivity contribution in [2.45, 2.75) is 51.4 Å². The molecule has 1 amide bonds. The minimum atomic E-state index is -4.23. The first-order chi connectivity index (χ1) is 9.96. The van der Waals surface area contributed by atoms with Gasteiger partial charge in [-0.2, -0.15) is 0 Å². The van der Waals surface area contributed by atoms with E-state index in [0.717, 1.165) is 0 Å². The van der Waals surface area contributed by atoms with Gasteiger partial charge < -0.3 is 19.5 Å². The Morgan fingerprint density at radius 3 is 2.59 bits per heavy atom. The van der Waals surface area contributed by atoms with Crippen LogP contribution in [-0.2, 0) is 14.9 Å². The molecular formula is C13H24FN2O5S-. The number of carbonyl (C=O) groups excluding carboxylic acids is 1. The van der Waals surface area contributed by atoms with Crippen molar-refractivity contribution in [2.24, 2.45) is 0 Å². The SMILES string of the molecule is CC(C)(C)OC(=O)N[C@@H]1CCN(CCCS(=O)(=O)[O-])C[C@@H]1F. The summed E-state index contributed by atoms with van der Waals surface area (Å²) in [5, 5.41) is 2.52. The van der Waals surface area contributed by atoms with Crippen molar-refractivity contribution in [1.29, 1.82) is 0 Å². The predicted molar refractivity (Wildman–Crippen MR) is 78.3 cm³/mol. The molecule has 0 spiro atoms. The van der Waals surface area contributed by atoms with E-state index in [1.807, 2.05) is 0 Å². The van der Waals surface area contributed by atoms with E-state index in [0.29, 0.717) is 19.5 Å². The summed E-state index contributed by atoms with van der Waals surface area (Å²) in [6.07, 6.45) is -1.32. The van der Waals surface area contributed by atoms with Crippen molar-refractivity contribution >= 4 is 16.2 Å². The summed E-state index contributed by atoms with van der Waals surface area (Å²) in [6.45, 7) is 6.16. The first kappa shape index (κ1) is 19.1. The summed E-state index contributed by atoms with van der Waals surface area (Å²) in [4.78, 5) is 13.4. The highest BCUT2D eigenvalue weighted by atomic mass is 32.2. The molecule has 0 bridgehead atoms. The monoisotopic (exact) mass is 339 g/mol. The Hall–Kier alpha value is -0.930. The second kappa shape index (κ2) is 7.56. The number of hydrogen-bond donors (Lipinski definition) is 1. The molecule has 1 heterocycles. The number of ether oxygens (including phenoxy) is 1. The molecule has 1 N–H and O–H groups in total. The Kier molecular flexibility index (Phi) is 6.57. The molecule has 0 aromatic carbocycles. The fraction of sp³-hybridized carbons (Fsp3) is 0.923. The van der Waals surface area contributed by atoms with Crippen molar-refractivity contribution in [2.75, 3.05) is 25.4 Å². The molecule has 0 saturated carbocycles. The lowest BCUT2D eigenvalue weighted by molar-refractivity contribution is 0.0398. The normalized spacial score (nSPS) is 24.0. The van der Waals surface area contributed by atoms with Crippen LogP contribution in [-0.4, -0.2) is 67.2 Å². The van der Waals surface area contributed by atoms with Crippen molar-refractivity contribution in [3.63, 3.8) is 0 Å². The van der Waals surface area contributed by atoms with Gasteiger partial charge >= 0.3 is 6.09 Å². The lowest BCUT2D eigenvalue weighted by Crippen LogP contribution is -2.53. The van der Waals surface area contributed by atoms with Crippen LogP contribution in [0.3, 0.4) is 0 Å². The number of alkyl halides is 1. The van der Waals surface area contributed by atoms with Gasteiger partial charge in [0.2, 0.25) is 0 Å². The third-order valence-electron chi connectivity index (χ3n) is 3.20. The summed E-state index contributed by atoms with van der Waals surface area (Å²) >= 11 is 0. The number of likely N-dealkylation sites (tertiary alicyclic amines) is 1. The molecule has 1 aliphatic heterocycles. The quantitative estimate of drug-likeness (QED) is 0.746. The molecular weight excluding hydrogens is 315 g/mol. The van der Waals surface area contributed by atoms with Gasteiger partial charge in [0.15, 0.2) is 0 Å². The zero-order valence-electron chi connectivity index (χ0n) is 13.2. The Morgan fingerprint density at radius 2 is 2.09 bits per heavy atom. The highest BCUT2D eigenvalue weighted by Gasteiger charge is 2.31. The van der Waals surface area contributed by atoms with Crippen LogP contribution in [0.15, 0.2) is 0 Å². The molecule has 9 heteroatoms. The maximum atomic E-state index is 14.1. The van der Waals surface area contributed by atoms with Gasteiger partial charge in [0.05, 0.1) is 16.2 Å². The summed E-state index contributed by atoms with van der Waals surface area (Å²) in [5.41, 5.74) is -0.638. The van der Waals surface area contributed by atoms with Crippen LogP contribution >= 0.6 is 0 Å². The highest BCUT2D eigenvalue weighted by molar-refractivity contribution is 7.85. The summed E-state index contributed by atoms with van der Waals surface area (Å²) in [7, 11) is -4.23. The van der Waals surface area contributed by atoms with Crippen LogP contribution in [0.1, 0.15) is 33.6 Å². The molecule has 0 aliphatic carbocycles. The van der Waals surface area contributed by atoms with Crippen molar-refractivity contribution < 1.29 is 26.9 Å². The molecule has 2 atom stereocenters. The van der Waals surface area contributed by atoms with Gasteiger partial charge in [-0.25, -0.2) is 17.6 Å². The Labute approximate surface area is 130 Å². The van der Waals surface area contributed by atoms with E-state index in [2.05, 4.69) is 5.32 Å². The minimum Gasteiger partial charge on any atom is -0.748 e. The van der Waals surface area contributed by atoms with Crippen LogP contribution in [0.4, 0.5) is 9.18 Å². The first-order valence-electron chi connectivity index (χ1n) is 7.26. The lowest BCUT2D eigenvalue weighted by Gasteiger charge is -2.35. The predicted octanol–water partition coefficient (Wildman–Crippen LogP) is 0.859. The molecule has 7 nitrogen and oxygen atoms in total. The molecule has 0 radical (unpaired) electrons. The van der Waals surface area contributed by atoms with Gasteiger partial charge in [-0.3, -0.25) is 0 Å². The number of piperidine rings is 1. The zero-order chi connectivity index (χ0) is 17.0. The maximum absolute atomic E-state index is 14.1. The topological polar surface area (TPSA) is 98.8 Å². The second-order valence-corrected chi connectivity index (χ2v) is 8.00. The van der Waals surface area contributed by atoms with Crippen molar-refractivity contribution in [3.05, 3.63) is 0 Å².